The summed E-state index contributed by atoms with van der Waals surface area (Å²) in [6.45, 7) is 8.59. The molecule has 18 heavy (non-hydrogen) atoms. The lowest BCUT2D eigenvalue weighted by Crippen LogP contribution is -2.06. The van der Waals surface area contributed by atoms with Crippen LogP contribution in [0.5, 0.6) is 0 Å². The molecule has 0 spiro atoms. The second kappa shape index (κ2) is 5.35. The third-order valence-corrected chi connectivity index (χ3v) is 4.10. The van der Waals surface area contributed by atoms with E-state index in [1.54, 1.807) is 12.1 Å². The van der Waals surface area contributed by atoms with Crippen LogP contribution < -0.4 is 0 Å². The Morgan fingerprint density at radius 1 is 1.22 bits per heavy atom. The van der Waals surface area contributed by atoms with Gasteiger partial charge in [0.2, 0.25) is 0 Å². The monoisotopic (exact) mass is 265 g/mol. The van der Waals surface area contributed by atoms with Crippen LogP contribution in [-0.4, -0.2) is 9.82 Å². The summed E-state index contributed by atoms with van der Waals surface area (Å²) >= 11 is 1.89. The van der Waals surface area contributed by atoms with Crippen molar-refractivity contribution in [3.05, 3.63) is 35.8 Å². The number of rotatable bonds is 4. The van der Waals surface area contributed by atoms with E-state index in [0.29, 0.717) is 5.25 Å². The first-order chi connectivity index (χ1) is 8.50. The van der Waals surface area contributed by atoms with E-state index in [4.69, 9.17) is 0 Å². The Balaban J connectivity index is 2.52. The molecule has 0 saturated carbocycles. The minimum Gasteiger partial charge on any atom is -0.339 e. The smallest absolute Gasteiger partial charge is 0.147 e. The van der Waals surface area contributed by atoms with Crippen molar-refractivity contribution in [2.24, 2.45) is 0 Å². The fourth-order valence-corrected chi connectivity index (χ4v) is 2.97. The van der Waals surface area contributed by atoms with Gasteiger partial charge in [0.1, 0.15) is 5.82 Å². The van der Waals surface area contributed by atoms with Crippen LogP contribution in [0.3, 0.4) is 0 Å². The predicted molar refractivity (Wildman–Crippen MR) is 78.7 cm³/mol. The van der Waals surface area contributed by atoms with Crippen molar-refractivity contribution >= 4 is 22.7 Å². The van der Waals surface area contributed by atoms with Crippen LogP contribution in [0.15, 0.2) is 24.3 Å². The summed E-state index contributed by atoms with van der Waals surface area (Å²) in [6, 6.07) is 7.71. The van der Waals surface area contributed by atoms with E-state index >= 15 is 0 Å². The van der Waals surface area contributed by atoms with Gasteiger partial charge in [-0.2, -0.15) is 11.8 Å². The average molecular weight is 265 g/mol. The molecule has 0 aliphatic rings. The maximum atomic E-state index is 14.0. The first-order valence-electron chi connectivity index (χ1n) is 6.40. The number of para-hydroxylation sites is 1. The van der Waals surface area contributed by atoms with Gasteiger partial charge in [0.25, 0.3) is 0 Å². The Morgan fingerprint density at radius 3 is 2.56 bits per heavy atom. The lowest BCUT2D eigenvalue weighted by Gasteiger charge is -2.15. The zero-order valence-electron chi connectivity index (χ0n) is 11.4. The van der Waals surface area contributed by atoms with Crippen LogP contribution in [0.2, 0.25) is 0 Å². The molecule has 0 radical (unpaired) electrons. The molecule has 0 saturated heterocycles. The topological polar surface area (TPSA) is 4.93 Å². The van der Waals surface area contributed by atoms with E-state index in [1.165, 1.54) is 5.69 Å². The first-order valence-corrected chi connectivity index (χ1v) is 7.45. The number of hydrogen-bond acceptors (Lipinski definition) is 1. The number of benzene rings is 1. The van der Waals surface area contributed by atoms with Gasteiger partial charge in [0.15, 0.2) is 0 Å². The highest BCUT2D eigenvalue weighted by atomic mass is 32.2. The maximum Gasteiger partial charge on any atom is 0.147 e. The van der Waals surface area contributed by atoms with Crippen molar-refractivity contribution < 1.29 is 4.39 Å². The van der Waals surface area contributed by atoms with E-state index in [1.807, 2.05) is 17.8 Å². The second-order valence-electron chi connectivity index (χ2n) is 5.14. The SMILES string of the molecule is CC(C)SCc1cc2cccc(F)c2n1C(C)C. The molecule has 3 heteroatoms. The van der Waals surface area contributed by atoms with Gasteiger partial charge in [-0.25, -0.2) is 4.39 Å². The van der Waals surface area contributed by atoms with Gasteiger partial charge in [0, 0.05) is 22.9 Å². The molecule has 1 aromatic heterocycles. The van der Waals surface area contributed by atoms with E-state index in [9.17, 15) is 4.39 Å². The number of halogens is 1. The number of aromatic nitrogens is 1. The molecule has 0 atom stereocenters. The van der Waals surface area contributed by atoms with E-state index in [2.05, 4.69) is 38.3 Å². The molecular weight excluding hydrogens is 245 g/mol. The second-order valence-corrected chi connectivity index (χ2v) is 6.70. The molecular formula is C15H20FNS. The number of nitrogens with zero attached hydrogens (tertiary/aromatic N) is 1. The summed E-state index contributed by atoms with van der Waals surface area (Å²) in [4.78, 5) is 0. The zero-order chi connectivity index (χ0) is 13.3. The highest BCUT2D eigenvalue weighted by molar-refractivity contribution is 7.99. The minimum atomic E-state index is -0.123. The molecule has 98 valence electrons. The largest absolute Gasteiger partial charge is 0.339 e. The summed E-state index contributed by atoms with van der Waals surface area (Å²) in [5.41, 5.74) is 1.95. The molecule has 0 bridgehead atoms. The lowest BCUT2D eigenvalue weighted by atomic mass is 10.2. The fourth-order valence-electron chi connectivity index (χ4n) is 2.25. The minimum absolute atomic E-state index is 0.123. The average Bonchev–Trinajstić information content (AvgIpc) is 2.66. The molecule has 0 aliphatic heterocycles. The molecule has 0 aliphatic carbocycles. The van der Waals surface area contributed by atoms with Crippen molar-refractivity contribution in [3.8, 4) is 0 Å². The molecule has 0 amide bonds. The Kier molecular flexibility index (Phi) is 4.00. The van der Waals surface area contributed by atoms with Gasteiger partial charge in [0.05, 0.1) is 5.52 Å². The van der Waals surface area contributed by atoms with Gasteiger partial charge >= 0.3 is 0 Å². The van der Waals surface area contributed by atoms with Crippen LogP contribution >= 0.6 is 11.8 Å². The van der Waals surface area contributed by atoms with Crippen LogP contribution in [0.4, 0.5) is 4.39 Å². The summed E-state index contributed by atoms with van der Waals surface area (Å²) in [6.07, 6.45) is 0. The third kappa shape index (κ3) is 2.56. The lowest BCUT2D eigenvalue weighted by molar-refractivity contribution is 0.578. The molecule has 1 aromatic carbocycles. The highest BCUT2D eigenvalue weighted by Gasteiger charge is 2.14. The van der Waals surface area contributed by atoms with Crippen LogP contribution in [-0.2, 0) is 5.75 Å². The molecule has 0 N–H and O–H groups in total. The summed E-state index contributed by atoms with van der Waals surface area (Å²) in [5, 5.41) is 1.59. The predicted octanol–water partition coefficient (Wildman–Crippen LogP) is 5.00. The molecule has 1 heterocycles. The number of fused-ring (bicyclic) bond motifs is 1. The molecule has 2 aromatic rings. The molecule has 0 unspecified atom stereocenters. The summed E-state index contributed by atoms with van der Waals surface area (Å²) < 4.78 is 16.1. The molecule has 2 rings (SSSR count). The van der Waals surface area contributed by atoms with Crippen LogP contribution in [0.1, 0.15) is 39.4 Å². The van der Waals surface area contributed by atoms with Gasteiger partial charge in [-0.1, -0.05) is 26.0 Å². The third-order valence-electron chi connectivity index (χ3n) is 2.97. The van der Waals surface area contributed by atoms with Crippen LogP contribution in [0, 0.1) is 5.82 Å². The molecule has 1 nitrogen and oxygen atoms in total. The van der Waals surface area contributed by atoms with Crippen molar-refractivity contribution in [2.45, 2.75) is 44.7 Å². The van der Waals surface area contributed by atoms with E-state index in [0.717, 1.165) is 16.7 Å². The summed E-state index contributed by atoms with van der Waals surface area (Å²) in [7, 11) is 0. The van der Waals surface area contributed by atoms with E-state index < -0.39 is 0 Å². The maximum absolute atomic E-state index is 14.0. The summed E-state index contributed by atoms with van der Waals surface area (Å²) in [5.74, 6) is 0.811. The first kappa shape index (κ1) is 13.5. The van der Waals surface area contributed by atoms with Crippen LogP contribution in [0.25, 0.3) is 10.9 Å². The Morgan fingerprint density at radius 2 is 1.94 bits per heavy atom. The Hall–Kier alpha value is -0.960. The van der Waals surface area contributed by atoms with Crippen molar-refractivity contribution in [1.82, 2.24) is 4.57 Å². The van der Waals surface area contributed by atoms with Gasteiger partial charge in [-0.3, -0.25) is 0 Å². The Bertz CT molecular complexity index is 543. The van der Waals surface area contributed by atoms with Gasteiger partial charge < -0.3 is 4.57 Å². The van der Waals surface area contributed by atoms with Crippen molar-refractivity contribution in [3.63, 3.8) is 0 Å². The fraction of sp³-hybridized carbons (Fsp3) is 0.467. The zero-order valence-corrected chi connectivity index (χ0v) is 12.2. The van der Waals surface area contributed by atoms with Gasteiger partial charge in [-0.15, -0.1) is 0 Å². The normalized spacial score (nSPS) is 11.9. The quantitative estimate of drug-likeness (QED) is 0.753. The standard InChI is InChI=1S/C15H20FNS/c1-10(2)17-13(9-18-11(3)4)8-12-6-5-7-14(16)15(12)17/h5-8,10-11H,9H2,1-4H3. The van der Waals surface area contributed by atoms with Crippen molar-refractivity contribution in [1.29, 1.82) is 0 Å². The molecule has 0 fully saturated rings. The van der Waals surface area contributed by atoms with Gasteiger partial charge in [-0.05, 0) is 31.2 Å². The van der Waals surface area contributed by atoms with E-state index in [-0.39, 0.29) is 11.9 Å². The highest BCUT2D eigenvalue weighted by Crippen LogP contribution is 2.29. The Labute approximate surface area is 112 Å². The number of thioether (sulfide) groups is 1. The van der Waals surface area contributed by atoms with Crippen molar-refractivity contribution in [2.75, 3.05) is 0 Å². The number of hydrogen-bond donors (Lipinski definition) is 0.